The number of aromatic nitrogens is 18. The molecule has 11 heterocycles. The Hall–Kier alpha value is -10.5. The molecule has 850 valence electrons. The molecule has 0 fully saturated rings. The summed E-state index contributed by atoms with van der Waals surface area (Å²) in [4.78, 5) is 44.2. The predicted molar refractivity (Wildman–Crippen MR) is 654 cm³/mol. The van der Waals surface area contributed by atoms with Crippen molar-refractivity contribution < 1.29 is 13.6 Å². The van der Waals surface area contributed by atoms with Crippen LogP contribution >= 0.6 is 0 Å². The Kier molecular flexibility index (Phi) is 308. The van der Waals surface area contributed by atoms with E-state index in [1.807, 2.05) is 282 Å². The molecule has 23 nitrogen and oxygen atoms in total. The molecule has 0 radical (unpaired) electrons. The van der Waals surface area contributed by atoms with Gasteiger partial charge < -0.3 is 18.6 Å². The Morgan fingerprint density at radius 2 is 0.639 bits per heavy atom. The lowest BCUT2D eigenvalue weighted by Gasteiger charge is -2.01. The van der Waals surface area contributed by atoms with Crippen molar-refractivity contribution in [1.82, 2.24) is 90.2 Å². The minimum absolute atomic E-state index is 0.456. The van der Waals surface area contributed by atoms with Crippen LogP contribution in [0.3, 0.4) is 0 Å². The van der Waals surface area contributed by atoms with Crippen LogP contribution in [0.15, 0.2) is 278 Å². The van der Waals surface area contributed by atoms with E-state index in [1.165, 1.54) is 50.5 Å². The van der Waals surface area contributed by atoms with E-state index in [0.29, 0.717) is 24.5 Å². The van der Waals surface area contributed by atoms with E-state index >= 15 is 0 Å². The van der Waals surface area contributed by atoms with Gasteiger partial charge in [-0.05, 0) is 122 Å². The van der Waals surface area contributed by atoms with Crippen LogP contribution in [0.1, 0.15) is 447 Å². The van der Waals surface area contributed by atoms with Crippen molar-refractivity contribution in [2.45, 2.75) is 441 Å². The van der Waals surface area contributed by atoms with Crippen LogP contribution in [-0.4, -0.2) is 116 Å². The number of furan rings is 1. The minimum atomic E-state index is 0.456. The molecule has 10 aromatic heterocycles. The molecule has 144 heavy (non-hydrogen) atoms. The summed E-state index contributed by atoms with van der Waals surface area (Å²) >= 11 is 0. The molecule has 0 atom stereocenters. The fraction of sp³-hybridized carbons (Fsp3) is 0.628. The number of oxazole rings is 1. The maximum Gasteiger partial charge on any atom is 0.180 e. The second-order valence-electron chi connectivity index (χ2n) is 30.9. The monoisotopic (exact) mass is 2030 g/mol. The maximum atomic E-state index is 4.58. The van der Waals surface area contributed by atoms with Crippen molar-refractivity contribution in [3.63, 3.8) is 0 Å². The topological polar surface area (TPSA) is 290 Å². The van der Waals surface area contributed by atoms with E-state index in [9.17, 15) is 0 Å². The number of hydrogen-bond acceptors (Lipinski definition) is 20. The van der Waals surface area contributed by atoms with Crippen LogP contribution in [0.4, 0.5) is 0 Å². The van der Waals surface area contributed by atoms with Crippen molar-refractivity contribution in [2.24, 2.45) is 69.2 Å². The van der Waals surface area contributed by atoms with E-state index in [1.54, 1.807) is 125 Å². The number of imidazole rings is 1. The number of nitrogens with zero attached hydrogens (tertiary/aromatic N) is 18. The molecule has 1 aliphatic rings. The first-order chi connectivity index (χ1) is 68.8. The van der Waals surface area contributed by atoms with E-state index in [2.05, 4.69) is 358 Å². The Balaban J connectivity index is -0.0000000472. The number of methoxy groups -OCH3 is 1. The number of aromatic amines is 2. The lowest BCUT2D eigenvalue weighted by atomic mass is 10.1. The molecule has 11 aromatic rings. The molecule has 0 bridgehead atoms. The molecule has 0 amide bonds. The Bertz CT molecular complexity index is 2560. The summed E-state index contributed by atoms with van der Waals surface area (Å²) in [7, 11) is 1.56. The van der Waals surface area contributed by atoms with Gasteiger partial charge in [0.05, 0.1) is 50.3 Å². The van der Waals surface area contributed by atoms with E-state index in [-0.39, 0.29) is 0 Å². The first-order valence-electron chi connectivity index (χ1n) is 54.1. The van der Waals surface area contributed by atoms with Gasteiger partial charge in [-0.1, -0.05) is 464 Å². The molecule has 1 aliphatic heterocycles. The van der Waals surface area contributed by atoms with Gasteiger partial charge in [0.1, 0.15) is 37.7 Å². The largest absolute Gasteiger partial charge is 0.505 e. The molecule has 2 N–H and O–H groups in total. The van der Waals surface area contributed by atoms with Crippen LogP contribution in [-0.2, 0) is 4.74 Å². The number of aliphatic imine (C=N–C) groups is 2. The molecule has 0 spiro atoms. The molecular formula is C121H248N20O3. The summed E-state index contributed by atoms with van der Waals surface area (Å²) in [5.41, 5.74) is 1.13. The van der Waals surface area contributed by atoms with Crippen molar-refractivity contribution in [3.8, 4) is 0 Å². The number of H-pyrrole nitrogens is 2. The van der Waals surface area contributed by atoms with E-state index in [4.69, 9.17) is 0 Å². The third-order valence-corrected chi connectivity index (χ3v) is 7.61. The number of rotatable bonds is 4. The number of pyridine rings is 1. The highest BCUT2D eigenvalue weighted by atomic mass is 16.5. The highest BCUT2D eigenvalue weighted by Crippen LogP contribution is 2.04. The fourth-order valence-electron chi connectivity index (χ4n) is 3.99. The zero-order valence-electron chi connectivity index (χ0n) is 107. The van der Waals surface area contributed by atoms with Crippen molar-refractivity contribution in [3.05, 3.63) is 265 Å². The number of nitrogens with one attached hydrogen (secondary N) is 2. The Labute approximate surface area is 899 Å². The fourth-order valence-corrected chi connectivity index (χ4v) is 3.99. The van der Waals surface area contributed by atoms with Crippen LogP contribution in [0.25, 0.3) is 0 Å². The first-order valence-corrected chi connectivity index (χ1v) is 54.1. The summed E-state index contributed by atoms with van der Waals surface area (Å²) in [5, 5.41) is 24.5. The number of ether oxygens (including phenoxy) is 1. The molecule has 0 saturated heterocycles. The highest BCUT2D eigenvalue weighted by Gasteiger charge is 2.03. The number of hydrogen-bond donors (Lipinski definition) is 2. The van der Waals surface area contributed by atoms with Crippen molar-refractivity contribution >= 4 is 11.9 Å². The third kappa shape index (κ3) is 403. The van der Waals surface area contributed by atoms with Crippen LogP contribution in [0.2, 0.25) is 0 Å². The van der Waals surface area contributed by atoms with Crippen LogP contribution in [0, 0.1) is 59.2 Å². The zero-order valence-corrected chi connectivity index (χ0v) is 107. The van der Waals surface area contributed by atoms with Gasteiger partial charge in [0.2, 0.25) is 0 Å². The van der Waals surface area contributed by atoms with E-state index < -0.39 is 0 Å². The van der Waals surface area contributed by atoms with Crippen LogP contribution < -0.4 is 0 Å². The van der Waals surface area contributed by atoms with Gasteiger partial charge in [-0.2, -0.15) is 25.5 Å². The second kappa shape index (κ2) is 227. The summed E-state index contributed by atoms with van der Waals surface area (Å²) in [6.07, 6.45) is 45.3. The smallest absolute Gasteiger partial charge is 0.180 e. The van der Waals surface area contributed by atoms with Gasteiger partial charge in [-0.25, -0.2) is 29.9 Å². The first kappa shape index (κ1) is 196. The normalized spacial score (nSPS) is 8.03. The van der Waals surface area contributed by atoms with Gasteiger partial charge in [0.25, 0.3) is 0 Å². The van der Waals surface area contributed by atoms with Gasteiger partial charge in [-0.3, -0.25) is 34.7 Å². The SMILES string of the molecule is C=COC.CC.CC.CC.CC.CC.CC.CC.CC.CC.CC.CC.CC.CC.CC(C)C.CC(C)C.CC(C)C.CC(C)C.CC(C)C.CC(C)C.CC(C)C.CC(C)C.CC(C)C.CC(C)C1=NCN=C1.CC(C)c1ncn[nH]1.CC(C)n1cccn1.CCC.c1c[nH]cn1.c1ccccc1.c1ccncc1.c1ccnnc1.c1ccoc1.c1cnccn1.c1cncnc1.c1cnncn1.c1cocn1. The molecule has 12 rings (SSSR count). The lowest BCUT2D eigenvalue weighted by molar-refractivity contribution is 0.339. The molecular weight excluding hydrogens is 1780 g/mol. The molecule has 0 aliphatic carbocycles. The minimum Gasteiger partial charge on any atom is -0.505 e. The van der Waals surface area contributed by atoms with E-state index in [0.717, 1.165) is 64.8 Å². The summed E-state index contributed by atoms with van der Waals surface area (Å²) in [6.45, 7) is 131. The highest BCUT2D eigenvalue weighted by molar-refractivity contribution is 6.32. The van der Waals surface area contributed by atoms with Gasteiger partial charge in [0.15, 0.2) is 6.39 Å². The lowest BCUT2D eigenvalue weighted by Crippen LogP contribution is -2.05. The average Bonchev–Trinajstić information content (AvgIpc) is 1.84. The van der Waals surface area contributed by atoms with Crippen molar-refractivity contribution in [1.29, 1.82) is 0 Å². The van der Waals surface area contributed by atoms with Gasteiger partial charge in [-0.15, -0.1) is 5.10 Å². The Morgan fingerprint density at radius 3 is 0.743 bits per heavy atom. The molecule has 0 saturated carbocycles. The quantitative estimate of drug-likeness (QED) is 0.155. The maximum absolute atomic E-state index is 4.58. The summed E-state index contributed by atoms with van der Waals surface area (Å²) < 4.78 is 15.3. The molecule has 1 aromatic carbocycles. The molecule has 0 unspecified atom stereocenters. The average molecular weight is 2030 g/mol. The predicted octanol–water partition coefficient (Wildman–Crippen LogP) is 40.4. The molecule has 23 heteroatoms. The Morgan fingerprint density at radius 1 is 0.326 bits per heavy atom. The second-order valence-corrected chi connectivity index (χ2v) is 30.9. The zero-order chi connectivity index (χ0) is 118. The van der Waals surface area contributed by atoms with Gasteiger partial charge >= 0.3 is 0 Å². The standard InChI is InChI=1S/2C6H10N2.C6H6.C5H9N3.C5H5N.3C4H4N2.C4H4O.9C4H10.C3H3N3.C3H4N2.C3H3NO.C3H6O.C3H8.13C2H6/c1-5(2)6-3-7-4-8-6;1-6(2)8-5-3-4-7-8;1-2-4-6-5-3-1;1-4(2)5-6-3-7-8-5;1-2-4-6-5-3-1;1-2-6-4-3-5-1;1-2-5-4-6-3-1;1-2-4-6-5-3-1;1-2-4-5-3-1;9*1-4(2)3;1-2-5-6-3-4-1;2*1-2-5-3-4-1;1-3-4-2;1-3-2;13*1-2/h3,5H,4H2,1-2H3;3-6H,1-2H3;1-6H;3-4H,1-2H3,(H,6,7,8);1-5H;3*1-4H;1-4H;9*4H,1-3H3;1-3H;1-3H,(H,4,5);1-3H;3H,1H2,2H3;3H2,1-2H3;13*1-2H3. The summed E-state index contributed by atoms with van der Waals surface area (Å²) in [5.74, 6) is 9.45. The third-order valence-electron chi connectivity index (χ3n) is 7.61. The van der Waals surface area contributed by atoms with Crippen LogP contribution in [0.5, 0.6) is 0 Å². The van der Waals surface area contributed by atoms with Gasteiger partial charge in [0, 0.05) is 111 Å². The number of benzene rings is 1. The summed E-state index contributed by atoms with van der Waals surface area (Å²) in [6, 6.07) is 29.2. The van der Waals surface area contributed by atoms with Crippen molar-refractivity contribution in [2.75, 3.05) is 13.8 Å².